The van der Waals surface area contributed by atoms with Crippen molar-refractivity contribution < 1.29 is 4.52 Å². The average molecular weight is 371 g/mol. The normalized spacial score (nSPS) is 14.9. The summed E-state index contributed by atoms with van der Waals surface area (Å²) in [4.78, 5) is 4.54. The van der Waals surface area contributed by atoms with Gasteiger partial charge in [0, 0.05) is 26.9 Å². The molecule has 1 heterocycles. The van der Waals surface area contributed by atoms with E-state index in [0.29, 0.717) is 33.0 Å². The van der Waals surface area contributed by atoms with Crippen molar-refractivity contribution in [3.05, 3.63) is 63.4 Å². The van der Waals surface area contributed by atoms with Crippen molar-refractivity contribution >= 4 is 28.9 Å². The molecule has 1 fully saturated rings. The van der Waals surface area contributed by atoms with Crippen LogP contribution < -0.4 is 5.73 Å². The number of nitrogens with zero attached hydrogens (tertiary/aromatic N) is 3. The largest absolute Gasteiger partial charge is 0.399 e. The third-order valence-corrected chi connectivity index (χ3v) is 5.00. The molecule has 0 unspecified atom stereocenters. The molecule has 0 atom stereocenters. The molecule has 2 N–H and O–H groups in total. The molecule has 0 saturated heterocycles. The molecule has 3 aromatic rings. The van der Waals surface area contributed by atoms with E-state index in [1.807, 2.05) is 0 Å². The van der Waals surface area contributed by atoms with Gasteiger partial charge in [-0.15, -0.1) is 0 Å². The van der Waals surface area contributed by atoms with Gasteiger partial charge in [-0.1, -0.05) is 28.4 Å². The molecule has 4 rings (SSSR count). The zero-order valence-corrected chi connectivity index (χ0v) is 14.5. The van der Waals surface area contributed by atoms with Crippen molar-refractivity contribution in [3.8, 4) is 17.5 Å². The summed E-state index contributed by atoms with van der Waals surface area (Å²) in [5, 5.41) is 14.0. The maximum absolute atomic E-state index is 8.88. The van der Waals surface area contributed by atoms with Crippen LogP contribution in [-0.4, -0.2) is 10.1 Å². The van der Waals surface area contributed by atoms with Gasteiger partial charge in [-0.3, -0.25) is 0 Å². The second kappa shape index (κ2) is 5.76. The minimum absolute atomic E-state index is 0.397. The van der Waals surface area contributed by atoms with Crippen LogP contribution in [0.1, 0.15) is 29.8 Å². The van der Waals surface area contributed by atoms with E-state index < -0.39 is 5.41 Å². The van der Waals surface area contributed by atoms with Gasteiger partial charge in [-0.05, 0) is 49.2 Å². The molecular formula is C18H12Cl2N4O. The highest BCUT2D eigenvalue weighted by Crippen LogP contribution is 2.56. The Morgan fingerprint density at radius 2 is 1.76 bits per heavy atom. The first-order valence-corrected chi connectivity index (χ1v) is 8.39. The second-order valence-electron chi connectivity index (χ2n) is 6.05. The predicted molar refractivity (Wildman–Crippen MR) is 95.3 cm³/mol. The molecule has 0 radical (unpaired) electrons. The van der Waals surface area contributed by atoms with Crippen molar-refractivity contribution in [2.45, 2.75) is 18.3 Å². The molecule has 124 valence electrons. The first-order valence-electron chi connectivity index (χ1n) is 7.63. The topological polar surface area (TPSA) is 88.7 Å². The molecule has 0 spiro atoms. The Hall–Kier alpha value is -2.55. The lowest BCUT2D eigenvalue weighted by molar-refractivity contribution is 0.418. The fourth-order valence-corrected chi connectivity index (χ4v) is 3.85. The van der Waals surface area contributed by atoms with Gasteiger partial charge in [0.2, 0.25) is 0 Å². The highest BCUT2D eigenvalue weighted by Gasteiger charge is 2.52. The minimum atomic E-state index is -0.434. The molecule has 0 aliphatic heterocycles. The van der Waals surface area contributed by atoms with Gasteiger partial charge in [0.05, 0.1) is 17.0 Å². The summed E-state index contributed by atoms with van der Waals surface area (Å²) in [7, 11) is 0. The fourth-order valence-electron chi connectivity index (χ4n) is 2.98. The van der Waals surface area contributed by atoms with E-state index in [4.69, 9.17) is 38.7 Å². The summed E-state index contributed by atoms with van der Waals surface area (Å²) in [5.74, 6) is 0.953. The number of hydrogen-bond donors (Lipinski definition) is 1. The van der Waals surface area contributed by atoms with Crippen LogP contribution in [0.15, 0.2) is 40.9 Å². The first-order chi connectivity index (χ1) is 12.0. The van der Waals surface area contributed by atoms with E-state index in [1.165, 1.54) is 0 Å². The molecule has 0 amide bonds. The number of rotatable bonds is 3. The van der Waals surface area contributed by atoms with Crippen LogP contribution in [-0.2, 0) is 5.41 Å². The van der Waals surface area contributed by atoms with Crippen LogP contribution in [0.25, 0.3) is 11.5 Å². The lowest BCUT2D eigenvalue weighted by atomic mass is 9.94. The number of nitrogens with two attached hydrogens (primary N) is 1. The number of nitrogen functional groups attached to an aromatic ring is 1. The maximum atomic E-state index is 8.88. The number of aromatic nitrogens is 2. The molecule has 1 saturated carbocycles. The van der Waals surface area contributed by atoms with Crippen molar-refractivity contribution in [2.75, 3.05) is 5.73 Å². The van der Waals surface area contributed by atoms with E-state index in [1.54, 1.807) is 36.4 Å². The Morgan fingerprint density at radius 1 is 1.12 bits per heavy atom. The Balaban J connectivity index is 1.74. The van der Waals surface area contributed by atoms with E-state index in [9.17, 15) is 0 Å². The third kappa shape index (κ3) is 2.64. The van der Waals surface area contributed by atoms with Crippen LogP contribution in [0.3, 0.4) is 0 Å². The van der Waals surface area contributed by atoms with E-state index in [0.717, 1.165) is 24.0 Å². The summed E-state index contributed by atoms with van der Waals surface area (Å²) in [6.45, 7) is 0. The molecule has 0 bridgehead atoms. The van der Waals surface area contributed by atoms with Gasteiger partial charge in [0.25, 0.3) is 5.89 Å². The van der Waals surface area contributed by atoms with Gasteiger partial charge >= 0.3 is 0 Å². The molecule has 2 aromatic carbocycles. The van der Waals surface area contributed by atoms with Crippen LogP contribution in [0, 0.1) is 11.3 Å². The zero-order valence-electron chi connectivity index (χ0n) is 13.0. The van der Waals surface area contributed by atoms with E-state index in [2.05, 4.69) is 16.2 Å². The summed E-state index contributed by atoms with van der Waals surface area (Å²) >= 11 is 12.8. The number of halogens is 2. The second-order valence-corrected chi connectivity index (χ2v) is 6.87. The van der Waals surface area contributed by atoms with Gasteiger partial charge < -0.3 is 10.3 Å². The van der Waals surface area contributed by atoms with Crippen molar-refractivity contribution in [1.82, 2.24) is 10.1 Å². The Bertz CT molecular complexity index is 978. The van der Waals surface area contributed by atoms with Crippen molar-refractivity contribution in [2.24, 2.45) is 0 Å². The van der Waals surface area contributed by atoms with Crippen LogP contribution >= 0.6 is 23.2 Å². The zero-order chi connectivity index (χ0) is 17.6. The summed E-state index contributed by atoms with van der Waals surface area (Å²) < 4.78 is 5.42. The summed E-state index contributed by atoms with van der Waals surface area (Å²) in [6, 6.07) is 12.4. The molecule has 1 aromatic heterocycles. The first kappa shape index (κ1) is 15.9. The monoisotopic (exact) mass is 370 g/mol. The van der Waals surface area contributed by atoms with Crippen LogP contribution in [0.4, 0.5) is 5.69 Å². The van der Waals surface area contributed by atoms with E-state index in [-0.39, 0.29) is 0 Å². The fraction of sp³-hybridized carbons (Fsp3) is 0.167. The number of hydrogen-bond acceptors (Lipinski definition) is 5. The van der Waals surface area contributed by atoms with Crippen LogP contribution in [0.5, 0.6) is 0 Å². The highest BCUT2D eigenvalue weighted by molar-refractivity contribution is 6.36. The Kier molecular flexibility index (Phi) is 3.68. The Morgan fingerprint density at radius 3 is 2.32 bits per heavy atom. The van der Waals surface area contributed by atoms with Gasteiger partial charge in [-0.25, -0.2) is 0 Å². The lowest BCUT2D eigenvalue weighted by Gasteiger charge is -2.15. The third-order valence-electron chi connectivity index (χ3n) is 4.41. The van der Waals surface area contributed by atoms with Crippen molar-refractivity contribution in [3.63, 3.8) is 0 Å². The smallest absolute Gasteiger partial charge is 0.257 e. The number of nitriles is 1. The van der Waals surface area contributed by atoms with Gasteiger partial charge in [0.15, 0.2) is 5.82 Å². The standard InChI is InChI=1S/C18H12Cl2N4O/c19-13-7-12(22)8-14(20)15(13)18(5-6-18)17-23-16(25-24-17)11-3-1-10(9-21)2-4-11/h1-4,7-8H,5-6,22H2. The van der Waals surface area contributed by atoms with Crippen LogP contribution in [0.2, 0.25) is 10.0 Å². The quantitative estimate of drug-likeness (QED) is 0.681. The molecule has 25 heavy (non-hydrogen) atoms. The molecule has 1 aliphatic rings. The maximum Gasteiger partial charge on any atom is 0.257 e. The lowest BCUT2D eigenvalue weighted by Crippen LogP contribution is -2.12. The summed E-state index contributed by atoms with van der Waals surface area (Å²) in [6.07, 6.45) is 1.67. The highest BCUT2D eigenvalue weighted by atomic mass is 35.5. The minimum Gasteiger partial charge on any atom is -0.399 e. The number of anilines is 1. The van der Waals surface area contributed by atoms with Gasteiger partial charge in [0.1, 0.15) is 0 Å². The van der Waals surface area contributed by atoms with Gasteiger partial charge in [-0.2, -0.15) is 10.2 Å². The van der Waals surface area contributed by atoms with E-state index >= 15 is 0 Å². The summed E-state index contributed by atoms with van der Waals surface area (Å²) in [5.41, 5.74) is 7.99. The predicted octanol–water partition coefficient (Wildman–Crippen LogP) is 4.58. The molecule has 5 nitrogen and oxygen atoms in total. The average Bonchev–Trinajstić information content (AvgIpc) is 3.21. The molecular weight excluding hydrogens is 359 g/mol. The van der Waals surface area contributed by atoms with Crippen molar-refractivity contribution in [1.29, 1.82) is 5.26 Å². The SMILES string of the molecule is N#Cc1ccc(-c2nc(C3(c4c(Cl)cc(N)cc4Cl)CC3)no2)cc1. The number of benzene rings is 2. The molecule has 1 aliphatic carbocycles. The molecule has 7 heteroatoms. The Labute approximate surface area is 154 Å².